The molecule has 2 heterocycles. The van der Waals surface area contributed by atoms with Crippen LogP contribution in [0.25, 0.3) is 0 Å². The molecule has 0 spiro atoms. The van der Waals surface area contributed by atoms with Gasteiger partial charge in [-0.3, -0.25) is 14.6 Å². The minimum Gasteiger partial charge on any atom is -0.336 e. The lowest BCUT2D eigenvalue weighted by atomic mass is 9.93. The van der Waals surface area contributed by atoms with Gasteiger partial charge in [0.1, 0.15) is 0 Å². The molecule has 9 heteroatoms. The maximum Gasteiger partial charge on any atom is 0.255 e. The third-order valence-electron chi connectivity index (χ3n) is 5.98. The van der Waals surface area contributed by atoms with E-state index in [0.717, 1.165) is 5.56 Å². The number of pyridine rings is 1. The Hall–Kier alpha value is -3.11. The van der Waals surface area contributed by atoms with Gasteiger partial charge < -0.3 is 9.80 Å². The number of halogens is 3. The zero-order chi connectivity index (χ0) is 24.4. The zero-order valence-corrected chi connectivity index (χ0v) is 20.3. The summed E-state index contributed by atoms with van der Waals surface area (Å²) in [4.78, 5) is 33.8. The molecule has 172 valence electrons. The zero-order valence-electron chi connectivity index (χ0n) is 18.1. The summed E-state index contributed by atoms with van der Waals surface area (Å²) >= 11 is 18.4. The molecular weight excluding hydrogens is 495 g/mol. The number of amides is 2. The predicted octanol–water partition coefficient (Wildman–Crippen LogP) is 5.29. The van der Waals surface area contributed by atoms with Crippen molar-refractivity contribution >= 4 is 46.6 Å². The number of rotatable bonds is 4. The lowest BCUT2D eigenvalue weighted by Crippen LogP contribution is -2.42. The lowest BCUT2D eigenvalue weighted by Gasteiger charge is -2.29. The molecule has 3 aromatic rings. The molecule has 1 saturated heterocycles. The standard InChI is InChI=1S/C25H19Cl3N4O2/c1-31(24(33)18-8-19(26)12-30-11-18)23-14-32(25(34)16-4-2-15(10-29)3-5-16)13-20(23)17-6-7-21(27)22(28)9-17/h2-9,11-12,20,23H,13-14H2,1H3/t20-,23+/m0/s1. The monoisotopic (exact) mass is 512 g/mol. The molecule has 0 unspecified atom stereocenters. The fourth-order valence-corrected chi connectivity index (χ4v) is 4.65. The highest BCUT2D eigenvalue weighted by atomic mass is 35.5. The van der Waals surface area contributed by atoms with E-state index in [0.29, 0.717) is 44.8 Å². The van der Waals surface area contributed by atoms with Crippen LogP contribution in [0.1, 0.15) is 37.8 Å². The van der Waals surface area contributed by atoms with Gasteiger partial charge in [-0.25, -0.2) is 0 Å². The van der Waals surface area contributed by atoms with Gasteiger partial charge in [0.15, 0.2) is 0 Å². The van der Waals surface area contributed by atoms with Crippen LogP contribution >= 0.6 is 34.8 Å². The van der Waals surface area contributed by atoms with Gasteiger partial charge in [-0.2, -0.15) is 5.26 Å². The number of hydrogen-bond acceptors (Lipinski definition) is 4. The Morgan fingerprint density at radius 1 is 1.00 bits per heavy atom. The first-order valence-corrected chi connectivity index (χ1v) is 11.5. The van der Waals surface area contributed by atoms with E-state index in [9.17, 15) is 9.59 Å². The smallest absolute Gasteiger partial charge is 0.255 e. The summed E-state index contributed by atoms with van der Waals surface area (Å²) in [5.41, 5.74) is 2.18. The highest BCUT2D eigenvalue weighted by Crippen LogP contribution is 2.35. The topological polar surface area (TPSA) is 77.3 Å². The second-order valence-electron chi connectivity index (χ2n) is 8.05. The van der Waals surface area contributed by atoms with Crippen molar-refractivity contribution in [1.82, 2.24) is 14.8 Å². The van der Waals surface area contributed by atoms with Gasteiger partial charge in [0.05, 0.1) is 38.3 Å². The van der Waals surface area contributed by atoms with Gasteiger partial charge in [-0.1, -0.05) is 40.9 Å². The third-order valence-corrected chi connectivity index (χ3v) is 6.92. The molecule has 4 rings (SSSR count). The first-order valence-electron chi connectivity index (χ1n) is 10.4. The molecule has 0 N–H and O–H groups in total. The Bertz CT molecular complexity index is 1290. The van der Waals surface area contributed by atoms with Crippen molar-refractivity contribution in [1.29, 1.82) is 5.26 Å². The normalized spacial score (nSPS) is 17.3. The molecule has 0 bridgehead atoms. The fraction of sp³-hybridized carbons (Fsp3) is 0.200. The number of hydrogen-bond donors (Lipinski definition) is 0. The molecule has 34 heavy (non-hydrogen) atoms. The van der Waals surface area contributed by atoms with Crippen molar-refractivity contribution in [2.75, 3.05) is 20.1 Å². The summed E-state index contributed by atoms with van der Waals surface area (Å²) in [5, 5.41) is 10.2. The van der Waals surface area contributed by atoms with Crippen LogP contribution in [0.3, 0.4) is 0 Å². The van der Waals surface area contributed by atoms with E-state index in [4.69, 9.17) is 40.1 Å². The van der Waals surface area contributed by atoms with Crippen LogP contribution < -0.4 is 0 Å². The maximum atomic E-state index is 13.3. The maximum absolute atomic E-state index is 13.3. The Kier molecular flexibility index (Phi) is 7.08. The van der Waals surface area contributed by atoms with Crippen molar-refractivity contribution in [3.05, 3.63) is 98.2 Å². The van der Waals surface area contributed by atoms with E-state index in [1.165, 1.54) is 12.4 Å². The van der Waals surface area contributed by atoms with Crippen LogP contribution in [-0.4, -0.2) is 52.8 Å². The number of likely N-dealkylation sites (N-methyl/N-ethyl adjacent to an activating group) is 1. The van der Waals surface area contributed by atoms with Crippen molar-refractivity contribution in [3.63, 3.8) is 0 Å². The van der Waals surface area contributed by atoms with Crippen LogP contribution in [0.5, 0.6) is 0 Å². The van der Waals surface area contributed by atoms with Gasteiger partial charge in [-0.05, 0) is 48.0 Å². The Labute approximate surface area is 212 Å². The van der Waals surface area contributed by atoms with E-state index in [2.05, 4.69) is 4.98 Å². The van der Waals surface area contributed by atoms with E-state index in [1.807, 2.05) is 12.1 Å². The van der Waals surface area contributed by atoms with E-state index < -0.39 is 0 Å². The lowest BCUT2D eigenvalue weighted by molar-refractivity contribution is 0.0695. The minimum atomic E-state index is -0.328. The van der Waals surface area contributed by atoms with Gasteiger partial charge in [-0.15, -0.1) is 0 Å². The molecule has 0 saturated carbocycles. The van der Waals surface area contributed by atoms with Crippen LogP contribution in [0, 0.1) is 11.3 Å². The van der Waals surface area contributed by atoms with E-state index in [1.54, 1.807) is 59.3 Å². The van der Waals surface area contributed by atoms with E-state index in [-0.39, 0.29) is 23.8 Å². The molecular formula is C25H19Cl3N4O2. The summed E-state index contributed by atoms with van der Waals surface area (Å²) in [5.74, 6) is -0.627. The second-order valence-corrected chi connectivity index (χ2v) is 9.31. The quantitative estimate of drug-likeness (QED) is 0.475. The van der Waals surface area contributed by atoms with Gasteiger partial charge in [0.25, 0.3) is 11.8 Å². The molecule has 6 nitrogen and oxygen atoms in total. The number of likely N-dealkylation sites (tertiary alicyclic amines) is 1. The number of benzene rings is 2. The fourth-order valence-electron chi connectivity index (χ4n) is 4.17. The van der Waals surface area contributed by atoms with Gasteiger partial charge >= 0.3 is 0 Å². The highest BCUT2D eigenvalue weighted by molar-refractivity contribution is 6.42. The summed E-state index contributed by atoms with van der Waals surface area (Å²) in [6, 6.07) is 15.1. The summed E-state index contributed by atoms with van der Waals surface area (Å²) in [6.07, 6.45) is 2.93. The van der Waals surface area contributed by atoms with Crippen molar-refractivity contribution in [3.8, 4) is 6.07 Å². The molecule has 1 aromatic heterocycles. The number of aromatic nitrogens is 1. The van der Waals surface area contributed by atoms with Gasteiger partial charge in [0, 0.05) is 44.0 Å². The SMILES string of the molecule is CN(C(=O)c1cncc(Cl)c1)[C@@H]1CN(C(=O)c2ccc(C#N)cc2)C[C@H]1c1ccc(Cl)c(Cl)c1. The molecule has 1 fully saturated rings. The number of nitriles is 1. The number of nitrogens with zero attached hydrogens (tertiary/aromatic N) is 4. The van der Waals surface area contributed by atoms with Crippen LogP contribution in [0.2, 0.25) is 15.1 Å². The highest BCUT2D eigenvalue weighted by Gasteiger charge is 2.40. The van der Waals surface area contributed by atoms with Crippen LogP contribution in [0.15, 0.2) is 60.9 Å². The Morgan fingerprint density at radius 3 is 2.38 bits per heavy atom. The number of carbonyl (C=O) groups excluding carboxylic acids is 2. The van der Waals surface area contributed by atoms with Crippen molar-refractivity contribution in [2.45, 2.75) is 12.0 Å². The van der Waals surface area contributed by atoms with Crippen molar-refractivity contribution in [2.24, 2.45) is 0 Å². The van der Waals surface area contributed by atoms with Crippen LogP contribution in [0.4, 0.5) is 0 Å². The first-order chi connectivity index (χ1) is 16.3. The van der Waals surface area contributed by atoms with Gasteiger partial charge in [0.2, 0.25) is 0 Å². The third kappa shape index (κ3) is 4.88. The number of carbonyl (C=O) groups is 2. The summed E-state index contributed by atoms with van der Waals surface area (Å²) in [7, 11) is 1.70. The molecule has 1 aliphatic rings. The summed E-state index contributed by atoms with van der Waals surface area (Å²) in [6.45, 7) is 0.701. The van der Waals surface area contributed by atoms with Crippen LogP contribution in [-0.2, 0) is 0 Å². The average molecular weight is 514 g/mol. The molecule has 2 amide bonds. The van der Waals surface area contributed by atoms with E-state index >= 15 is 0 Å². The largest absolute Gasteiger partial charge is 0.336 e. The predicted molar refractivity (Wildman–Crippen MR) is 131 cm³/mol. The first kappa shape index (κ1) is 24.0. The average Bonchev–Trinajstić information content (AvgIpc) is 3.30. The Balaban J connectivity index is 1.66. The second kappa shape index (κ2) is 10.0. The summed E-state index contributed by atoms with van der Waals surface area (Å²) < 4.78 is 0. The molecule has 2 aromatic carbocycles. The van der Waals surface area contributed by atoms with Crippen molar-refractivity contribution < 1.29 is 9.59 Å². The molecule has 1 aliphatic heterocycles. The molecule has 0 aliphatic carbocycles. The minimum absolute atomic E-state index is 0.178. The Morgan fingerprint density at radius 2 is 1.74 bits per heavy atom. The molecule has 2 atom stereocenters. The molecule has 0 radical (unpaired) electrons.